The number of rotatable bonds is 4. The summed E-state index contributed by atoms with van der Waals surface area (Å²) in [4.78, 5) is 12.7. The Morgan fingerprint density at radius 2 is 2.27 bits per heavy atom. The molecule has 3 nitrogen and oxygen atoms in total. The number of amides is 1. The van der Waals surface area contributed by atoms with Crippen LogP contribution in [-0.2, 0) is 9.53 Å². The van der Waals surface area contributed by atoms with Crippen molar-refractivity contribution in [1.82, 2.24) is 4.90 Å². The van der Waals surface area contributed by atoms with E-state index >= 15 is 0 Å². The van der Waals surface area contributed by atoms with E-state index in [1.54, 1.807) is 19.1 Å². The van der Waals surface area contributed by atoms with E-state index in [-0.39, 0.29) is 11.9 Å². The van der Waals surface area contributed by atoms with Crippen molar-refractivity contribution in [3.63, 3.8) is 0 Å². The van der Waals surface area contributed by atoms with Crippen LogP contribution in [-0.4, -0.2) is 42.9 Å². The number of nitrogens with zero attached hydrogens (tertiary/aromatic N) is 1. The first-order valence-corrected chi connectivity index (χ1v) is 4.56. The lowest BCUT2D eigenvalue weighted by atomic mass is 10.3. The first-order valence-electron chi connectivity index (χ1n) is 3.44. The highest BCUT2D eigenvalue weighted by Crippen LogP contribution is 1.98. The lowest BCUT2D eigenvalue weighted by Gasteiger charge is -2.23. The average Bonchev–Trinajstić information content (AvgIpc) is 2.02. The van der Waals surface area contributed by atoms with E-state index in [9.17, 15) is 4.79 Å². The zero-order chi connectivity index (χ0) is 8.85. The Kier molecular flexibility index (Phi) is 5.50. The highest BCUT2D eigenvalue weighted by atomic mass is 79.9. The Hall–Kier alpha value is -0.0900. The van der Waals surface area contributed by atoms with E-state index in [0.29, 0.717) is 11.9 Å². The molecule has 0 radical (unpaired) electrons. The van der Waals surface area contributed by atoms with Gasteiger partial charge in [-0.05, 0) is 6.92 Å². The summed E-state index contributed by atoms with van der Waals surface area (Å²) in [6, 6.07) is 0.144. The number of hydrogen-bond donors (Lipinski definition) is 0. The summed E-state index contributed by atoms with van der Waals surface area (Å²) in [6.45, 7) is 2.53. The number of carbonyl (C=O) groups is 1. The highest BCUT2D eigenvalue weighted by molar-refractivity contribution is 9.09. The van der Waals surface area contributed by atoms with Gasteiger partial charge in [-0.2, -0.15) is 0 Å². The summed E-state index contributed by atoms with van der Waals surface area (Å²) in [5, 5.41) is 0.373. The third-order valence-electron chi connectivity index (χ3n) is 1.58. The molecule has 66 valence electrons. The molecule has 4 heteroatoms. The number of alkyl halides is 1. The van der Waals surface area contributed by atoms with Crippen molar-refractivity contribution < 1.29 is 9.53 Å². The molecule has 0 fully saturated rings. The van der Waals surface area contributed by atoms with Gasteiger partial charge in [0.1, 0.15) is 0 Å². The molecule has 0 aliphatic carbocycles. The zero-order valence-corrected chi connectivity index (χ0v) is 8.72. The Bertz CT molecular complexity index is 130. The topological polar surface area (TPSA) is 29.5 Å². The van der Waals surface area contributed by atoms with Gasteiger partial charge in [-0.25, -0.2) is 0 Å². The van der Waals surface area contributed by atoms with Gasteiger partial charge in [0.25, 0.3) is 0 Å². The summed E-state index contributed by atoms with van der Waals surface area (Å²) in [7, 11) is 3.40. The minimum Gasteiger partial charge on any atom is -0.383 e. The molecule has 0 rings (SSSR count). The molecule has 0 saturated carbocycles. The minimum atomic E-state index is 0.0783. The number of ether oxygens (including phenoxy) is 1. The summed E-state index contributed by atoms with van der Waals surface area (Å²) in [6.07, 6.45) is 0. The quantitative estimate of drug-likeness (QED) is 0.663. The fourth-order valence-electron chi connectivity index (χ4n) is 0.693. The van der Waals surface area contributed by atoms with Crippen molar-refractivity contribution in [2.45, 2.75) is 13.0 Å². The van der Waals surface area contributed by atoms with E-state index in [0.717, 1.165) is 0 Å². The molecular weight excluding hydrogens is 210 g/mol. The van der Waals surface area contributed by atoms with Crippen LogP contribution in [0.3, 0.4) is 0 Å². The molecule has 1 unspecified atom stereocenters. The summed E-state index contributed by atoms with van der Waals surface area (Å²) in [5.74, 6) is 0.0783. The van der Waals surface area contributed by atoms with Crippen LogP contribution in [0.1, 0.15) is 6.92 Å². The molecule has 1 atom stereocenters. The van der Waals surface area contributed by atoms with E-state index < -0.39 is 0 Å². The second kappa shape index (κ2) is 5.55. The molecule has 1 amide bonds. The number of carbonyl (C=O) groups excluding carboxylic acids is 1. The second-order valence-corrected chi connectivity index (χ2v) is 3.00. The van der Waals surface area contributed by atoms with Crippen molar-refractivity contribution in [3.8, 4) is 0 Å². The maximum atomic E-state index is 11.1. The predicted octanol–water partition coefficient (Wildman–Crippen LogP) is 0.875. The normalized spacial score (nSPS) is 12.7. The molecule has 0 aromatic carbocycles. The molecule has 0 heterocycles. The van der Waals surface area contributed by atoms with Crippen molar-refractivity contribution in [3.05, 3.63) is 0 Å². The van der Waals surface area contributed by atoms with Gasteiger partial charge in [0.15, 0.2) is 0 Å². The number of methoxy groups -OCH3 is 1. The second-order valence-electron chi connectivity index (χ2n) is 2.44. The third-order valence-corrected chi connectivity index (χ3v) is 2.06. The lowest BCUT2D eigenvalue weighted by molar-refractivity contribution is -0.129. The van der Waals surface area contributed by atoms with Crippen LogP contribution in [0.5, 0.6) is 0 Å². The van der Waals surface area contributed by atoms with Crippen LogP contribution in [0.4, 0.5) is 0 Å². The molecule has 11 heavy (non-hydrogen) atoms. The number of hydrogen-bond acceptors (Lipinski definition) is 2. The monoisotopic (exact) mass is 223 g/mol. The maximum absolute atomic E-state index is 11.1. The van der Waals surface area contributed by atoms with E-state index in [4.69, 9.17) is 4.74 Å². The van der Waals surface area contributed by atoms with Crippen molar-refractivity contribution in [2.75, 3.05) is 26.1 Å². The fraction of sp³-hybridized carbons (Fsp3) is 0.857. The van der Waals surface area contributed by atoms with Crippen molar-refractivity contribution in [1.29, 1.82) is 0 Å². The summed E-state index contributed by atoms with van der Waals surface area (Å²) >= 11 is 3.10. The largest absolute Gasteiger partial charge is 0.383 e. The standard InChI is InChI=1S/C7H14BrNO2/c1-6(5-11-3)9(2)7(10)4-8/h6H,4-5H2,1-3H3. The Morgan fingerprint density at radius 3 is 2.64 bits per heavy atom. The molecule has 0 bridgehead atoms. The first-order chi connectivity index (χ1) is 5.13. The summed E-state index contributed by atoms with van der Waals surface area (Å²) < 4.78 is 4.91. The molecule has 0 aliphatic heterocycles. The van der Waals surface area contributed by atoms with Crippen molar-refractivity contribution >= 4 is 21.8 Å². The minimum absolute atomic E-state index is 0.0783. The van der Waals surface area contributed by atoms with E-state index in [2.05, 4.69) is 15.9 Å². The summed E-state index contributed by atoms with van der Waals surface area (Å²) in [5.41, 5.74) is 0. The van der Waals surface area contributed by atoms with E-state index in [1.165, 1.54) is 0 Å². The van der Waals surface area contributed by atoms with Crippen molar-refractivity contribution in [2.24, 2.45) is 0 Å². The Labute approximate surface area is 75.8 Å². The molecular formula is C7H14BrNO2. The van der Waals surface area contributed by atoms with Gasteiger partial charge in [0, 0.05) is 14.2 Å². The Balaban J connectivity index is 3.80. The zero-order valence-electron chi connectivity index (χ0n) is 7.13. The van der Waals surface area contributed by atoms with Crippen LogP contribution in [0.2, 0.25) is 0 Å². The van der Waals surface area contributed by atoms with Gasteiger partial charge in [-0.15, -0.1) is 0 Å². The maximum Gasteiger partial charge on any atom is 0.233 e. The van der Waals surface area contributed by atoms with Gasteiger partial charge in [-0.3, -0.25) is 4.79 Å². The van der Waals surface area contributed by atoms with Gasteiger partial charge in [-0.1, -0.05) is 15.9 Å². The molecule has 0 spiro atoms. The van der Waals surface area contributed by atoms with Gasteiger partial charge in [0.2, 0.25) is 5.91 Å². The van der Waals surface area contributed by atoms with Gasteiger partial charge in [0.05, 0.1) is 18.0 Å². The van der Waals surface area contributed by atoms with Crippen LogP contribution in [0.25, 0.3) is 0 Å². The van der Waals surface area contributed by atoms with Crippen LogP contribution in [0.15, 0.2) is 0 Å². The molecule has 0 N–H and O–H groups in total. The fourth-order valence-corrected chi connectivity index (χ4v) is 1.09. The highest BCUT2D eigenvalue weighted by Gasteiger charge is 2.13. The van der Waals surface area contributed by atoms with E-state index in [1.807, 2.05) is 6.92 Å². The molecule has 0 saturated heterocycles. The predicted molar refractivity (Wildman–Crippen MR) is 47.9 cm³/mol. The smallest absolute Gasteiger partial charge is 0.233 e. The van der Waals surface area contributed by atoms with Gasteiger partial charge >= 0.3 is 0 Å². The first kappa shape index (κ1) is 10.9. The number of likely N-dealkylation sites (N-methyl/N-ethyl adjacent to an activating group) is 1. The third kappa shape index (κ3) is 3.72. The van der Waals surface area contributed by atoms with Crippen LogP contribution < -0.4 is 0 Å². The van der Waals surface area contributed by atoms with Crippen LogP contribution >= 0.6 is 15.9 Å². The molecule has 0 aromatic heterocycles. The SMILES string of the molecule is COCC(C)N(C)C(=O)CBr. The lowest BCUT2D eigenvalue weighted by Crippen LogP contribution is -2.38. The number of halogens is 1. The Morgan fingerprint density at radius 1 is 1.73 bits per heavy atom. The molecule has 0 aliphatic rings. The average molecular weight is 224 g/mol. The molecule has 0 aromatic rings. The van der Waals surface area contributed by atoms with Crippen LogP contribution in [0, 0.1) is 0 Å². The van der Waals surface area contributed by atoms with Gasteiger partial charge < -0.3 is 9.64 Å².